The molecule has 9 heteroatoms. The molecule has 34 heavy (non-hydrogen) atoms. The number of piperidine rings is 1. The molecule has 4 rings (SSSR count). The van der Waals surface area contributed by atoms with Crippen molar-refractivity contribution in [1.82, 2.24) is 15.4 Å². The van der Waals surface area contributed by atoms with Gasteiger partial charge in [0.05, 0.1) is 25.1 Å². The maximum Gasteiger partial charge on any atom is 0.281 e. The van der Waals surface area contributed by atoms with Gasteiger partial charge in [0, 0.05) is 30.8 Å². The van der Waals surface area contributed by atoms with E-state index in [9.17, 15) is 4.79 Å². The second kappa shape index (κ2) is 10.1. The summed E-state index contributed by atoms with van der Waals surface area (Å²) in [5.41, 5.74) is 4.85. The van der Waals surface area contributed by atoms with E-state index in [-0.39, 0.29) is 6.61 Å². The highest BCUT2D eigenvalue weighted by molar-refractivity contribution is 5.97. The van der Waals surface area contributed by atoms with Gasteiger partial charge in [-0.25, -0.2) is 15.4 Å². The number of nitrogens with one attached hydrogen (secondary N) is 1. The minimum atomic E-state index is -0.616. The van der Waals surface area contributed by atoms with Crippen molar-refractivity contribution in [3.63, 3.8) is 0 Å². The van der Waals surface area contributed by atoms with Crippen LogP contribution in [0.1, 0.15) is 30.4 Å². The first-order valence-electron chi connectivity index (χ1n) is 11.3. The van der Waals surface area contributed by atoms with Crippen LogP contribution in [0.25, 0.3) is 22.3 Å². The minimum Gasteiger partial charge on any atom is -0.497 e. The second-order valence-electron chi connectivity index (χ2n) is 8.41. The number of carbonyl (C=O) groups is 1. The quantitative estimate of drug-likeness (QED) is 0.400. The van der Waals surface area contributed by atoms with Crippen molar-refractivity contribution in [1.29, 1.82) is 0 Å². The number of rotatable bonds is 7. The number of methoxy groups -OCH3 is 2. The molecule has 1 fully saturated rings. The Morgan fingerprint density at radius 1 is 1.03 bits per heavy atom. The molecule has 0 spiro atoms. The molecule has 180 valence electrons. The second-order valence-corrected chi connectivity index (χ2v) is 8.41. The summed E-state index contributed by atoms with van der Waals surface area (Å²) >= 11 is 0. The molecular formula is C25H30N4O5. The van der Waals surface area contributed by atoms with Crippen molar-refractivity contribution >= 4 is 22.6 Å². The molecule has 1 saturated heterocycles. The van der Waals surface area contributed by atoms with Gasteiger partial charge in [-0.05, 0) is 56.4 Å². The lowest BCUT2D eigenvalue weighted by atomic mass is 10.0. The average Bonchev–Trinajstić information content (AvgIpc) is 2.86. The standard InChI is InChI=1S/C25H30N4O5/c1-15-10-17(11-16(2)23(15)34-14-21(30)28-31)24-26-19-12-18(32-3)13-20(33-4)22(19)25(27-24)29-8-6-5-7-9-29/h10-13,31H,5-9,14H2,1-4H3,(H,28,30). The lowest BCUT2D eigenvalue weighted by molar-refractivity contribution is -0.131. The molecule has 2 heterocycles. The Hall–Kier alpha value is -3.59. The van der Waals surface area contributed by atoms with Gasteiger partial charge in [0.1, 0.15) is 23.1 Å². The number of benzene rings is 2. The summed E-state index contributed by atoms with van der Waals surface area (Å²) in [5.74, 6) is 2.77. The summed E-state index contributed by atoms with van der Waals surface area (Å²) < 4.78 is 16.8. The van der Waals surface area contributed by atoms with Crippen molar-refractivity contribution in [2.45, 2.75) is 33.1 Å². The molecule has 0 bridgehead atoms. The van der Waals surface area contributed by atoms with Gasteiger partial charge in [-0.3, -0.25) is 10.0 Å². The van der Waals surface area contributed by atoms with Gasteiger partial charge in [-0.1, -0.05) is 0 Å². The SMILES string of the molecule is COc1cc(OC)c2c(N3CCCCC3)nc(-c3cc(C)c(OCC(=O)NO)c(C)c3)nc2c1. The van der Waals surface area contributed by atoms with E-state index in [4.69, 9.17) is 29.4 Å². The fourth-order valence-corrected chi connectivity index (χ4v) is 4.40. The molecule has 0 atom stereocenters. The van der Waals surface area contributed by atoms with E-state index in [0.29, 0.717) is 23.1 Å². The molecule has 9 nitrogen and oxygen atoms in total. The molecule has 0 aliphatic carbocycles. The van der Waals surface area contributed by atoms with Crippen LogP contribution in [0.4, 0.5) is 5.82 Å². The van der Waals surface area contributed by atoms with Crippen LogP contribution >= 0.6 is 0 Å². The van der Waals surface area contributed by atoms with E-state index in [1.54, 1.807) is 19.7 Å². The number of hydroxylamine groups is 1. The van der Waals surface area contributed by atoms with Gasteiger partial charge in [0.2, 0.25) is 0 Å². The summed E-state index contributed by atoms with van der Waals surface area (Å²) in [6.07, 6.45) is 3.45. The zero-order chi connectivity index (χ0) is 24.2. The molecule has 1 amide bonds. The van der Waals surface area contributed by atoms with Crippen LogP contribution in [-0.4, -0.2) is 55.0 Å². The maximum absolute atomic E-state index is 11.4. The first-order valence-corrected chi connectivity index (χ1v) is 11.3. The smallest absolute Gasteiger partial charge is 0.281 e. The predicted octanol–water partition coefficient (Wildman–Crippen LogP) is 3.81. The highest BCUT2D eigenvalue weighted by Gasteiger charge is 2.22. The van der Waals surface area contributed by atoms with Gasteiger partial charge in [0.15, 0.2) is 12.4 Å². The Bertz CT molecular complexity index is 1180. The molecule has 3 aromatic rings. The Labute approximate surface area is 198 Å². The van der Waals surface area contributed by atoms with Gasteiger partial charge < -0.3 is 19.1 Å². The van der Waals surface area contributed by atoms with Gasteiger partial charge in [-0.15, -0.1) is 0 Å². The number of carbonyl (C=O) groups excluding carboxylic acids is 1. The van der Waals surface area contributed by atoms with Crippen molar-refractivity contribution in [2.24, 2.45) is 0 Å². The van der Waals surface area contributed by atoms with Crippen LogP contribution in [0.2, 0.25) is 0 Å². The first kappa shape index (κ1) is 23.6. The van der Waals surface area contributed by atoms with Crippen LogP contribution < -0.4 is 24.6 Å². The van der Waals surface area contributed by atoms with Crippen molar-refractivity contribution < 1.29 is 24.2 Å². The van der Waals surface area contributed by atoms with Crippen LogP contribution in [0.15, 0.2) is 24.3 Å². The fourth-order valence-electron chi connectivity index (χ4n) is 4.40. The third kappa shape index (κ3) is 4.70. The van der Waals surface area contributed by atoms with Crippen LogP contribution in [-0.2, 0) is 4.79 Å². The molecule has 1 aromatic heterocycles. The number of aryl methyl sites for hydroxylation is 2. The third-order valence-corrected chi connectivity index (χ3v) is 6.02. The number of amides is 1. The first-order chi connectivity index (χ1) is 16.4. The Morgan fingerprint density at radius 3 is 2.35 bits per heavy atom. The van der Waals surface area contributed by atoms with E-state index in [0.717, 1.165) is 59.3 Å². The van der Waals surface area contributed by atoms with Crippen molar-refractivity contribution in [2.75, 3.05) is 38.8 Å². The fraction of sp³-hybridized carbons (Fsp3) is 0.400. The van der Waals surface area contributed by atoms with E-state index >= 15 is 0 Å². The monoisotopic (exact) mass is 466 g/mol. The molecule has 1 aliphatic heterocycles. The van der Waals surface area contributed by atoms with Crippen molar-refractivity contribution in [3.8, 4) is 28.6 Å². The molecule has 0 unspecified atom stereocenters. The number of anilines is 1. The molecule has 2 aromatic carbocycles. The van der Waals surface area contributed by atoms with Crippen LogP contribution in [0, 0.1) is 13.8 Å². The number of nitrogens with zero attached hydrogens (tertiary/aromatic N) is 3. The Kier molecular flexibility index (Phi) is 7.02. The Morgan fingerprint density at radius 2 is 1.74 bits per heavy atom. The van der Waals surface area contributed by atoms with E-state index in [2.05, 4.69) is 4.90 Å². The zero-order valence-corrected chi connectivity index (χ0v) is 20.0. The lowest BCUT2D eigenvalue weighted by Crippen LogP contribution is -2.30. The average molecular weight is 467 g/mol. The molecule has 2 N–H and O–H groups in total. The number of hydrogen-bond acceptors (Lipinski definition) is 8. The summed E-state index contributed by atoms with van der Waals surface area (Å²) in [4.78, 5) is 23.6. The molecule has 1 aliphatic rings. The third-order valence-electron chi connectivity index (χ3n) is 6.02. The molecule has 0 saturated carbocycles. The maximum atomic E-state index is 11.4. The molecule has 0 radical (unpaired) electrons. The van der Waals surface area contributed by atoms with Crippen LogP contribution in [0.5, 0.6) is 17.2 Å². The number of ether oxygens (including phenoxy) is 3. The van der Waals surface area contributed by atoms with Crippen molar-refractivity contribution in [3.05, 3.63) is 35.4 Å². The number of fused-ring (bicyclic) bond motifs is 1. The summed E-state index contributed by atoms with van der Waals surface area (Å²) in [6.45, 7) is 5.39. The largest absolute Gasteiger partial charge is 0.497 e. The van der Waals surface area contributed by atoms with Gasteiger partial charge in [-0.2, -0.15) is 0 Å². The van der Waals surface area contributed by atoms with Gasteiger partial charge >= 0.3 is 0 Å². The van der Waals surface area contributed by atoms with E-state index < -0.39 is 5.91 Å². The highest BCUT2D eigenvalue weighted by atomic mass is 16.5. The summed E-state index contributed by atoms with van der Waals surface area (Å²) in [6, 6.07) is 7.65. The normalized spacial score (nSPS) is 13.6. The molecular weight excluding hydrogens is 436 g/mol. The highest BCUT2D eigenvalue weighted by Crippen LogP contribution is 2.39. The summed E-state index contributed by atoms with van der Waals surface area (Å²) in [5, 5.41) is 9.59. The number of hydrogen-bond donors (Lipinski definition) is 2. The lowest BCUT2D eigenvalue weighted by Gasteiger charge is -2.29. The summed E-state index contributed by atoms with van der Waals surface area (Å²) in [7, 11) is 3.27. The minimum absolute atomic E-state index is 0.275. The van der Waals surface area contributed by atoms with Gasteiger partial charge in [0.25, 0.3) is 5.91 Å². The van der Waals surface area contributed by atoms with E-state index in [1.165, 1.54) is 6.42 Å². The van der Waals surface area contributed by atoms with Crippen LogP contribution in [0.3, 0.4) is 0 Å². The zero-order valence-electron chi connectivity index (χ0n) is 20.0. The number of aromatic nitrogens is 2. The Balaban J connectivity index is 1.85. The topological polar surface area (TPSA) is 106 Å². The van der Waals surface area contributed by atoms with E-state index in [1.807, 2.05) is 38.1 Å². The predicted molar refractivity (Wildman–Crippen MR) is 129 cm³/mol.